The molecular weight excluding hydrogens is 328 g/mol. The van der Waals surface area contributed by atoms with Crippen molar-refractivity contribution in [3.05, 3.63) is 42.5 Å². The first-order chi connectivity index (χ1) is 12.6. The van der Waals surface area contributed by atoms with Gasteiger partial charge in [-0.05, 0) is 18.9 Å². The van der Waals surface area contributed by atoms with Crippen LogP contribution in [0.4, 0.5) is 0 Å². The van der Waals surface area contributed by atoms with Gasteiger partial charge in [-0.25, -0.2) is 0 Å². The third-order valence-corrected chi connectivity index (χ3v) is 5.16. The Morgan fingerprint density at radius 3 is 2.92 bits per heavy atom. The molecule has 5 nitrogen and oxygen atoms in total. The van der Waals surface area contributed by atoms with Gasteiger partial charge in [0.2, 0.25) is 11.8 Å². The molecule has 1 saturated heterocycles. The molecule has 2 amide bonds. The number of carbonyl (C=O) groups excluding carboxylic acids is 2. The van der Waals surface area contributed by atoms with Crippen LogP contribution in [0.5, 0.6) is 5.75 Å². The van der Waals surface area contributed by atoms with Crippen LogP contribution < -0.4 is 4.74 Å². The van der Waals surface area contributed by atoms with Gasteiger partial charge in [0.05, 0.1) is 12.5 Å². The minimum atomic E-state index is -0.264. The van der Waals surface area contributed by atoms with E-state index in [-0.39, 0.29) is 23.8 Å². The Morgan fingerprint density at radius 1 is 1.35 bits per heavy atom. The monoisotopic (exact) mass is 356 g/mol. The highest BCUT2D eigenvalue weighted by atomic mass is 16.5. The highest BCUT2D eigenvalue weighted by Gasteiger charge is 2.37. The Hall–Kier alpha value is -2.30. The summed E-state index contributed by atoms with van der Waals surface area (Å²) in [7, 11) is 0. The molecule has 0 saturated carbocycles. The van der Waals surface area contributed by atoms with E-state index >= 15 is 0 Å². The minimum absolute atomic E-state index is 0.00364. The zero-order valence-corrected chi connectivity index (χ0v) is 15.5. The topological polar surface area (TPSA) is 49.9 Å². The van der Waals surface area contributed by atoms with E-state index in [1.165, 1.54) is 0 Å². The largest absolute Gasteiger partial charge is 0.488 e. The fourth-order valence-corrected chi connectivity index (χ4v) is 3.76. The van der Waals surface area contributed by atoms with Gasteiger partial charge in [-0.1, -0.05) is 37.6 Å². The number of hydrogen-bond donors (Lipinski definition) is 0. The van der Waals surface area contributed by atoms with Crippen LogP contribution in [0.25, 0.3) is 0 Å². The molecule has 2 aliphatic heterocycles. The van der Waals surface area contributed by atoms with E-state index in [2.05, 4.69) is 13.5 Å². The summed E-state index contributed by atoms with van der Waals surface area (Å²) in [4.78, 5) is 28.9. The minimum Gasteiger partial charge on any atom is -0.488 e. The van der Waals surface area contributed by atoms with E-state index in [4.69, 9.17) is 4.74 Å². The number of carbonyl (C=O) groups is 2. The lowest BCUT2D eigenvalue weighted by Gasteiger charge is -2.26. The predicted octanol–water partition coefficient (Wildman–Crippen LogP) is 3.00. The number of benzene rings is 1. The van der Waals surface area contributed by atoms with Crippen molar-refractivity contribution in [2.75, 3.05) is 19.6 Å². The summed E-state index contributed by atoms with van der Waals surface area (Å²) in [5, 5.41) is 0. The van der Waals surface area contributed by atoms with Gasteiger partial charge < -0.3 is 14.5 Å². The molecule has 2 atom stereocenters. The lowest BCUT2D eigenvalue weighted by Crippen LogP contribution is -2.41. The zero-order chi connectivity index (χ0) is 18.5. The molecule has 0 N–H and O–H groups in total. The summed E-state index contributed by atoms with van der Waals surface area (Å²) in [5.74, 6) is 0.711. The van der Waals surface area contributed by atoms with Crippen molar-refractivity contribution >= 4 is 11.8 Å². The fraction of sp³-hybridized carbons (Fsp3) is 0.524. The van der Waals surface area contributed by atoms with Crippen molar-refractivity contribution in [2.24, 2.45) is 5.92 Å². The highest BCUT2D eigenvalue weighted by Crippen LogP contribution is 2.29. The summed E-state index contributed by atoms with van der Waals surface area (Å²) in [5.41, 5.74) is 1.03. The standard InChI is InChI=1S/C21H28N2O3/c1-3-5-9-18-15-23(13-16-8-6-7-10-19(16)26-18)21(25)17-12-20(24)22(14-17)11-4-2/h4,6-8,10,17-18H,2-3,5,9,11-15H2,1H3. The van der Waals surface area contributed by atoms with Gasteiger partial charge in [0.1, 0.15) is 11.9 Å². The molecule has 0 spiro atoms. The lowest BCUT2D eigenvalue weighted by atomic mass is 10.1. The second-order valence-corrected chi connectivity index (χ2v) is 7.20. The predicted molar refractivity (Wildman–Crippen MR) is 101 cm³/mol. The van der Waals surface area contributed by atoms with Crippen molar-refractivity contribution in [1.29, 1.82) is 0 Å². The number of para-hydroxylation sites is 1. The molecule has 2 aliphatic rings. The number of amides is 2. The van der Waals surface area contributed by atoms with E-state index in [0.717, 1.165) is 30.6 Å². The average molecular weight is 356 g/mol. The van der Waals surface area contributed by atoms with Crippen molar-refractivity contribution in [3.8, 4) is 5.75 Å². The van der Waals surface area contributed by atoms with E-state index in [9.17, 15) is 9.59 Å². The molecule has 0 aromatic heterocycles. The normalized spacial score (nSPS) is 22.6. The van der Waals surface area contributed by atoms with Gasteiger partial charge >= 0.3 is 0 Å². The molecule has 0 aliphatic carbocycles. The summed E-state index contributed by atoms with van der Waals surface area (Å²) >= 11 is 0. The highest BCUT2D eigenvalue weighted by molar-refractivity contribution is 5.89. The molecule has 1 aromatic rings. The van der Waals surface area contributed by atoms with Gasteiger partial charge in [0.15, 0.2) is 0 Å². The third kappa shape index (κ3) is 4.09. The Labute approximate surface area is 155 Å². The maximum atomic E-state index is 13.1. The van der Waals surface area contributed by atoms with Gasteiger partial charge in [0, 0.05) is 31.6 Å². The van der Waals surface area contributed by atoms with Crippen LogP contribution in [0.3, 0.4) is 0 Å². The Morgan fingerprint density at radius 2 is 2.15 bits per heavy atom. The van der Waals surface area contributed by atoms with Gasteiger partial charge in [-0.15, -0.1) is 6.58 Å². The van der Waals surface area contributed by atoms with Crippen LogP contribution in [0.2, 0.25) is 0 Å². The summed E-state index contributed by atoms with van der Waals surface area (Å²) in [6, 6.07) is 7.94. The van der Waals surface area contributed by atoms with Crippen LogP contribution in [0.1, 0.15) is 38.2 Å². The maximum Gasteiger partial charge on any atom is 0.228 e. The molecule has 5 heteroatoms. The SMILES string of the molecule is C=CCN1CC(C(=O)N2Cc3ccccc3OC(CCCC)C2)CC1=O. The first-order valence-corrected chi connectivity index (χ1v) is 9.54. The number of rotatable bonds is 6. The summed E-state index contributed by atoms with van der Waals surface area (Å²) in [6.45, 7) is 7.97. The molecule has 140 valence electrons. The molecule has 0 bridgehead atoms. The average Bonchev–Trinajstić information content (AvgIpc) is 2.90. The molecule has 0 radical (unpaired) electrons. The quantitative estimate of drug-likeness (QED) is 0.736. The molecule has 1 aromatic carbocycles. The lowest BCUT2D eigenvalue weighted by molar-refractivity contribution is -0.137. The molecule has 2 unspecified atom stereocenters. The molecule has 1 fully saturated rings. The van der Waals surface area contributed by atoms with Crippen molar-refractivity contribution in [1.82, 2.24) is 9.80 Å². The van der Waals surface area contributed by atoms with E-state index < -0.39 is 0 Å². The van der Waals surface area contributed by atoms with E-state index in [1.807, 2.05) is 29.2 Å². The number of ether oxygens (including phenoxy) is 1. The van der Waals surface area contributed by atoms with Crippen molar-refractivity contribution in [2.45, 2.75) is 45.3 Å². The smallest absolute Gasteiger partial charge is 0.228 e. The molecule has 2 heterocycles. The summed E-state index contributed by atoms with van der Waals surface area (Å²) in [6.07, 6.45) is 5.12. The van der Waals surface area contributed by atoms with Gasteiger partial charge in [0.25, 0.3) is 0 Å². The summed E-state index contributed by atoms with van der Waals surface area (Å²) < 4.78 is 6.20. The van der Waals surface area contributed by atoms with Crippen LogP contribution in [-0.2, 0) is 16.1 Å². The van der Waals surface area contributed by atoms with Crippen molar-refractivity contribution in [3.63, 3.8) is 0 Å². The van der Waals surface area contributed by atoms with Crippen molar-refractivity contribution < 1.29 is 14.3 Å². The number of hydrogen-bond acceptors (Lipinski definition) is 3. The second-order valence-electron chi connectivity index (χ2n) is 7.20. The first-order valence-electron chi connectivity index (χ1n) is 9.54. The molecule has 3 rings (SSSR count). The number of fused-ring (bicyclic) bond motifs is 1. The van der Waals surface area contributed by atoms with Crippen LogP contribution in [-0.4, -0.2) is 47.4 Å². The Kier molecular flexibility index (Phi) is 5.96. The Balaban J connectivity index is 1.76. The van der Waals surface area contributed by atoms with E-state index in [1.54, 1.807) is 11.0 Å². The third-order valence-electron chi connectivity index (χ3n) is 5.16. The number of likely N-dealkylation sites (tertiary alicyclic amines) is 1. The molecular formula is C21H28N2O3. The number of nitrogens with zero attached hydrogens (tertiary/aromatic N) is 2. The van der Waals surface area contributed by atoms with Crippen LogP contribution in [0.15, 0.2) is 36.9 Å². The first kappa shape index (κ1) is 18.5. The van der Waals surface area contributed by atoms with Crippen LogP contribution in [0, 0.1) is 5.92 Å². The van der Waals surface area contributed by atoms with Gasteiger partial charge in [-0.3, -0.25) is 9.59 Å². The fourth-order valence-electron chi connectivity index (χ4n) is 3.76. The van der Waals surface area contributed by atoms with E-state index in [0.29, 0.717) is 32.6 Å². The Bertz CT molecular complexity index is 673. The number of unbranched alkanes of at least 4 members (excludes halogenated alkanes) is 1. The second kappa shape index (κ2) is 8.39. The maximum absolute atomic E-state index is 13.1. The van der Waals surface area contributed by atoms with Crippen LogP contribution >= 0.6 is 0 Å². The van der Waals surface area contributed by atoms with Gasteiger partial charge in [-0.2, -0.15) is 0 Å². The zero-order valence-electron chi connectivity index (χ0n) is 15.5. The molecule has 26 heavy (non-hydrogen) atoms.